The van der Waals surface area contributed by atoms with Crippen LogP contribution in [0.2, 0.25) is 0 Å². The topological polar surface area (TPSA) is 93.9 Å². The molecule has 0 saturated carbocycles. The number of amides is 1. The highest BCUT2D eigenvalue weighted by Gasteiger charge is 2.68. The lowest BCUT2D eigenvalue weighted by Gasteiger charge is -2.30. The minimum Gasteiger partial charge on any atom is -0.493 e. The van der Waals surface area contributed by atoms with Gasteiger partial charge in [0.2, 0.25) is 0 Å². The Kier molecular flexibility index (Phi) is 6.17. The van der Waals surface area contributed by atoms with E-state index in [0.29, 0.717) is 39.3 Å². The molecule has 3 atom stereocenters. The Labute approximate surface area is 215 Å². The van der Waals surface area contributed by atoms with Gasteiger partial charge in [0, 0.05) is 22.7 Å². The van der Waals surface area contributed by atoms with Crippen LogP contribution in [0.4, 0.5) is 10.1 Å². The molecular formula is C26H23BrFN3O5. The Morgan fingerprint density at radius 3 is 2.64 bits per heavy atom. The van der Waals surface area contributed by atoms with Crippen molar-refractivity contribution in [2.75, 3.05) is 26.0 Å². The predicted octanol–water partition coefficient (Wildman–Crippen LogP) is 4.70. The number of ether oxygens (including phenoxy) is 2. The number of nitrogens with zero attached hydrogens (tertiary/aromatic N) is 2. The first-order chi connectivity index (χ1) is 17.3. The van der Waals surface area contributed by atoms with E-state index < -0.39 is 23.4 Å². The minimum atomic E-state index is -1.43. The van der Waals surface area contributed by atoms with Crippen molar-refractivity contribution in [3.8, 4) is 11.5 Å². The summed E-state index contributed by atoms with van der Waals surface area (Å²) < 4.78 is 25.3. The van der Waals surface area contributed by atoms with E-state index in [4.69, 9.17) is 9.47 Å². The highest BCUT2D eigenvalue weighted by molar-refractivity contribution is 9.10. The van der Waals surface area contributed by atoms with Crippen LogP contribution >= 0.6 is 15.9 Å². The number of likely N-dealkylation sites (tertiary alicyclic amines) is 1. The van der Waals surface area contributed by atoms with Crippen LogP contribution in [-0.2, 0) is 16.9 Å². The maximum atomic E-state index is 13.3. The quantitative estimate of drug-likeness (QED) is 0.350. The molecule has 1 N–H and O–H groups in total. The van der Waals surface area contributed by atoms with E-state index >= 15 is 0 Å². The number of carbonyl (C=O) groups excluding carboxylic acids is 1. The van der Waals surface area contributed by atoms with E-state index in [1.54, 1.807) is 60.5 Å². The maximum Gasteiger partial charge on any atom is 0.256 e. The molecular weight excluding hydrogens is 533 g/mol. The number of nitro groups is 1. The van der Waals surface area contributed by atoms with Gasteiger partial charge in [-0.3, -0.25) is 19.8 Å². The number of para-hydroxylation sites is 1. The van der Waals surface area contributed by atoms with Crippen LogP contribution in [0.15, 0.2) is 65.1 Å². The van der Waals surface area contributed by atoms with Crippen LogP contribution in [0.25, 0.3) is 0 Å². The van der Waals surface area contributed by atoms with E-state index in [1.165, 1.54) is 19.2 Å². The first-order valence-corrected chi connectivity index (χ1v) is 12.1. The summed E-state index contributed by atoms with van der Waals surface area (Å²) in [6, 6.07) is 15.3. The van der Waals surface area contributed by atoms with Crippen molar-refractivity contribution in [1.29, 1.82) is 0 Å². The number of carbonyl (C=O) groups is 1. The molecule has 0 unspecified atom stereocenters. The monoisotopic (exact) mass is 555 g/mol. The molecule has 3 aromatic carbocycles. The summed E-state index contributed by atoms with van der Waals surface area (Å²) in [4.78, 5) is 27.3. The van der Waals surface area contributed by atoms with Gasteiger partial charge in [-0.15, -0.1) is 0 Å². The second-order valence-corrected chi connectivity index (χ2v) is 9.79. The van der Waals surface area contributed by atoms with Gasteiger partial charge < -0.3 is 14.8 Å². The average molecular weight is 556 g/mol. The fourth-order valence-electron chi connectivity index (χ4n) is 5.41. The first kappa shape index (κ1) is 24.2. The minimum absolute atomic E-state index is 0.179. The van der Waals surface area contributed by atoms with Gasteiger partial charge in [-0.2, -0.15) is 0 Å². The second kappa shape index (κ2) is 9.18. The maximum absolute atomic E-state index is 13.3. The fourth-order valence-corrected chi connectivity index (χ4v) is 5.98. The van der Waals surface area contributed by atoms with Crippen LogP contribution in [0.5, 0.6) is 11.5 Å². The summed E-state index contributed by atoms with van der Waals surface area (Å²) in [5.74, 6) is -0.518. The van der Waals surface area contributed by atoms with Crippen molar-refractivity contribution in [3.63, 3.8) is 0 Å². The second-order valence-electron chi connectivity index (χ2n) is 8.93. The number of anilines is 1. The molecule has 5 rings (SSSR count). The van der Waals surface area contributed by atoms with Crippen LogP contribution in [-0.4, -0.2) is 42.5 Å². The number of halogens is 2. The van der Waals surface area contributed by atoms with Crippen LogP contribution in [0.1, 0.15) is 22.6 Å². The molecule has 0 bridgehead atoms. The highest BCUT2D eigenvalue weighted by atomic mass is 79.9. The first-order valence-electron chi connectivity index (χ1n) is 11.3. The van der Waals surface area contributed by atoms with Crippen molar-refractivity contribution in [2.45, 2.75) is 24.1 Å². The van der Waals surface area contributed by atoms with Gasteiger partial charge >= 0.3 is 0 Å². The SMILES string of the molecule is COc1cc([C@@H]2CN(C)[C@]3(C(=O)Nc4ccccc43)[C@H]2[N+](=O)[O-])cc(Br)c1OCc1ccc(F)cc1. The molecule has 8 nitrogen and oxygen atoms in total. The Morgan fingerprint density at radius 1 is 1.22 bits per heavy atom. The van der Waals surface area contributed by atoms with E-state index in [0.717, 1.165) is 5.56 Å². The largest absolute Gasteiger partial charge is 0.493 e. The van der Waals surface area contributed by atoms with E-state index in [2.05, 4.69) is 21.2 Å². The zero-order chi connectivity index (χ0) is 25.6. The van der Waals surface area contributed by atoms with Crippen molar-refractivity contribution in [3.05, 3.63) is 97.8 Å². The van der Waals surface area contributed by atoms with E-state index in [9.17, 15) is 19.3 Å². The van der Waals surface area contributed by atoms with Crippen LogP contribution in [0, 0.1) is 15.9 Å². The number of nitrogens with one attached hydrogen (secondary N) is 1. The molecule has 1 spiro atoms. The number of fused-ring (bicyclic) bond motifs is 2. The number of rotatable bonds is 6. The molecule has 3 aromatic rings. The smallest absolute Gasteiger partial charge is 0.256 e. The Balaban J connectivity index is 1.52. The number of hydrogen-bond acceptors (Lipinski definition) is 6. The van der Waals surface area contributed by atoms with Crippen molar-refractivity contribution in [1.82, 2.24) is 4.90 Å². The zero-order valence-electron chi connectivity index (χ0n) is 19.5. The predicted molar refractivity (Wildman–Crippen MR) is 134 cm³/mol. The molecule has 2 aliphatic heterocycles. The normalized spacial score (nSPS) is 22.9. The molecule has 186 valence electrons. The lowest BCUT2D eigenvalue weighted by Crippen LogP contribution is -2.54. The molecule has 2 aliphatic rings. The van der Waals surface area contributed by atoms with Crippen molar-refractivity contribution >= 4 is 27.5 Å². The third-order valence-corrected chi connectivity index (χ3v) is 7.61. The van der Waals surface area contributed by atoms with Gasteiger partial charge in [0.05, 0.1) is 17.5 Å². The third-order valence-electron chi connectivity index (χ3n) is 7.02. The van der Waals surface area contributed by atoms with Gasteiger partial charge in [-0.1, -0.05) is 30.3 Å². The average Bonchev–Trinajstić information content (AvgIpc) is 3.33. The van der Waals surface area contributed by atoms with E-state index in [-0.39, 0.29) is 17.3 Å². The molecule has 36 heavy (non-hydrogen) atoms. The summed E-state index contributed by atoms with van der Waals surface area (Å²) in [5.41, 5.74) is 1.18. The summed E-state index contributed by atoms with van der Waals surface area (Å²) in [6.07, 6.45) is 0. The molecule has 1 amide bonds. The van der Waals surface area contributed by atoms with Gasteiger partial charge in [-0.05, 0) is 64.4 Å². The van der Waals surface area contributed by atoms with Crippen molar-refractivity contribution in [2.24, 2.45) is 0 Å². The molecule has 1 saturated heterocycles. The fraction of sp³-hybridized carbons (Fsp3) is 0.269. The van der Waals surface area contributed by atoms with Gasteiger partial charge in [0.25, 0.3) is 11.9 Å². The summed E-state index contributed by atoms with van der Waals surface area (Å²) in [6.45, 7) is 0.469. The van der Waals surface area contributed by atoms with Crippen molar-refractivity contribution < 1.29 is 23.6 Å². The Hall–Kier alpha value is -3.50. The van der Waals surface area contributed by atoms with E-state index in [1.807, 2.05) is 0 Å². The summed E-state index contributed by atoms with van der Waals surface area (Å²) >= 11 is 3.53. The number of benzene rings is 3. The Bertz CT molecular complexity index is 1350. The lowest BCUT2D eigenvalue weighted by atomic mass is 9.79. The summed E-state index contributed by atoms with van der Waals surface area (Å²) in [7, 11) is 3.23. The molecule has 2 heterocycles. The Morgan fingerprint density at radius 2 is 1.94 bits per heavy atom. The highest BCUT2D eigenvalue weighted by Crippen LogP contribution is 2.53. The van der Waals surface area contributed by atoms with Gasteiger partial charge in [-0.25, -0.2) is 4.39 Å². The van der Waals surface area contributed by atoms with Crippen LogP contribution < -0.4 is 14.8 Å². The summed E-state index contributed by atoms with van der Waals surface area (Å²) in [5, 5.41) is 15.4. The molecule has 10 heteroatoms. The zero-order valence-corrected chi connectivity index (χ0v) is 21.1. The third kappa shape index (κ3) is 3.72. The number of hydrogen-bond donors (Lipinski definition) is 1. The van der Waals surface area contributed by atoms with Gasteiger partial charge in [0.1, 0.15) is 12.4 Å². The molecule has 0 radical (unpaired) electrons. The lowest BCUT2D eigenvalue weighted by molar-refractivity contribution is -0.534. The molecule has 0 aromatic heterocycles. The number of methoxy groups -OCH3 is 1. The molecule has 0 aliphatic carbocycles. The van der Waals surface area contributed by atoms with Gasteiger partial charge in [0.15, 0.2) is 17.0 Å². The number of likely N-dealkylation sites (N-methyl/N-ethyl adjacent to an activating group) is 1. The standard InChI is InChI=1S/C26H23BrFN3O5/c1-30-13-18(24(31(33)34)26(30)19-5-3-4-6-21(19)29-25(26)32)16-11-20(27)23(22(12-16)35-2)36-14-15-7-9-17(28)10-8-15/h3-12,18,24H,13-14H2,1-2H3,(H,29,32)/t18-,24-,26-/m0/s1. The van der Waals surface area contributed by atoms with Crippen LogP contribution in [0.3, 0.4) is 0 Å². The molecule has 1 fully saturated rings.